The first-order valence-corrected chi connectivity index (χ1v) is 16.5. The number of fused-ring (bicyclic) bond motifs is 4. The van der Waals surface area contributed by atoms with Gasteiger partial charge in [0, 0.05) is 48.7 Å². The lowest BCUT2D eigenvalue weighted by Gasteiger charge is -2.50. The number of phenols is 1. The number of allylic oxidation sites excluding steroid dienone is 2. The van der Waals surface area contributed by atoms with Gasteiger partial charge >= 0.3 is 0 Å². The average molecular weight is 701 g/mol. The zero-order valence-corrected chi connectivity index (χ0v) is 27.2. The van der Waals surface area contributed by atoms with Crippen molar-refractivity contribution in [2.75, 3.05) is 20.1 Å². The van der Waals surface area contributed by atoms with Crippen LogP contribution in [0, 0.1) is 17.8 Å². The fourth-order valence-electron chi connectivity index (χ4n) is 8.41. The molecular weight excluding hydrogens is 669 g/mol. The van der Waals surface area contributed by atoms with Crippen molar-refractivity contribution in [1.82, 2.24) is 14.7 Å². The molecule has 0 radical (unpaired) electrons. The predicted octanol–water partition coefficient (Wildman–Crippen LogP) is 4.81. The van der Waals surface area contributed by atoms with Crippen LogP contribution in [0.5, 0.6) is 5.75 Å². The third kappa shape index (κ3) is 4.18. The van der Waals surface area contributed by atoms with Gasteiger partial charge in [0.25, 0.3) is 11.8 Å². The summed E-state index contributed by atoms with van der Waals surface area (Å²) in [5.41, 5.74) is 2.23. The van der Waals surface area contributed by atoms with Gasteiger partial charge in [-0.15, -0.1) is 23.2 Å². The molecular formula is C33H32BrCl2N3O5. The van der Waals surface area contributed by atoms with Gasteiger partial charge in [-0.1, -0.05) is 57.9 Å². The summed E-state index contributed by atoms with van der Waals surface area (Å²) in [5.74, 6) is -4.73. The smallest absolute Gasteiger partial charge is 0.253 e. The zero-order chi connectivity index (χ0) is 31.1. The Morgan fingerprint density at radius 3 is 2.36 bits per heavy atom. The Kier molecular flexibility index (Phi) is 7.27. The highest BCUT2D eigenvalue weighted by atomic mass is 79.9. The molecule has 11 heteroatoms. The Morgan fingerprint density at radius 2 is 1.66 bits per heavy atom. The number of imide groups is 2. The number of piperidine rings is 1. The van der Waals surface area contributed by atoms with Crippen LogP contribution < -0.4 is 0 Å². The second-order valence-electron chi connectivity index (χ2n) is 12.7. The van der Waals surface area contributed by atoms with E-state index in [1.807, 2.05) is 24.3 Å². The number of halogens is 3. The van der Waals surface area contributed by atoms with Gasteiger partial charge in [-0.05, 0) is 55.4 Å². The number of likely N-dealkylation sites (tertiary alicyclic amines) is 3. The fourth-order valence-corrected chi connectivity index (χ4v) is 9.80. The lowest BCUT2D eigenvalue weighted by atomic mass is 9.56. The van der Waals surface area contributed by atoms with Crippen LogP contribution in [0.4, 0.5) is 0 Å². The Labute approximate surface area is 274 Å². The monoisotopic (exact) mass is 699 g/mol. The van der Waals surface area contributed by atoms with Crippen molar-refractivity contribution in [3.8, 4) is 5.75 Å². The number of hydrogen-bond acceptors (Lipinski definition) is 6. The highest BCUT2D eigenvalue weighted by Crippen LogP contribution is 2.66. The average Bonchev–Trinajstić information content (AvgIpc) is 3.34. The number of aromatic hydroxyl groups is 1. The summed E-state index contributed by atoms with van der Waals surface area (Å²) in [6.45, 7) is 2.36. The molecule has 2 aliphatic carbocycles. The Hall–Kier alpha value is -2.72. The molecule has 1 saturated carbocycles. The summed E-state index contributed by atoms with van der Waals surface area (Å²) in [5, 5.41) is 11.0. The molecule has 3 saturated heterocycles. The van der Waals surface area contributed by atoms with E-state index in [0.717, 1.165) is 24.5 Å². The fraction of sp³-hybridized carbons (Fsp3) is 0.455. The topological polar surface area (TPSA) is 98.2 Å². The summed E-state index contributed by atoms with van der Waals surface area (Å²) in [4.78, 5) is 56.5. The van der Waals surface area contributed by atoms with Crippen LogP contribution in [0.25, 0.3) is 0 Å². The van der Waals surface area contributed by atoms with Gasteiger partial charge in [0.2, 0.25) is 11.8 Å². The van der Waals surface area contributed by atoms with Gasteiger partial charge in [-0.25, -0.2) is 0 Å². The van der Waals surface area contributed by atoms with E-state index in [-0.39, 0.29) is 30.0 Å². The van der Waals surface area contributed by atoms with Gasteiger partial charge in [0.05, 0.1) is 11.8 Å². The Morgan fingerprint density at radius 1 is 0.955 bits per heavy atom. The van der Waals surface area contributed by atoms with Crippen molar-refractivity contribution in [3.05, 3.63) is 75.8 Å². The predicted molar refractivity (Wildman–Crippen MR) is 168 cm³/mol. The minimum atomic E-state index is -1.93. The van der Waals surface area contributed by atoms with Gasteiger partial charge in [-0.3, -0.25) is 33.9 Å². The lowest BCUT2D eigenvalue weighted by Crippen LogP contribution is -2.60. The van der Waals surface area contributed by atoms with E-state index >= 15 is 0 Å². The molecule has 2 aromatic carbocycles. The number of phenolic OH excluding ortho intramolecular Hbond substituents is 1. The summed E-state index contributed by atoms with van der Waals surface area (Å²) in [6, 6.07) is 14.9. The van der Waals surface area contributed by atoms with Gasteiger partial charge in [0.1, 0.15) is 5.75 Å². The maximum Gasteiger partial charge on any atom is 0.253 e. The van der Waals surface area contributed by atoms with Crippen molar-refractivity contribution >= 4 is 62.8 Å². The molecule has 0 unspecified atom stereocenters. The molecule has 0 bridgehead atoms. The quantitative estimate of drug-likeness (QED) is 0.280. The first kappa shape index (κ1) is 30.0. The van der Waals surface area contributed by atoms with Gasteiger partial charge in [0.15, 0.2) is 9.75 Å². The van der Waals surface area contributed by atoms with E-state index in [1.165, 1.54) is 23.6 Å². The van der Waals surface area contributed by atoms with Gasteiger partial charge < -0.3 is 5.11 Å². The van der Waals surface area contributed by atoms with E-state index < -0.39 is 45.2 Å². The third-order valence-electron chi connectivity index (χ3n) is 10.5. The number of alkyl halides is 2. The van der Waals surface area contributed by atoms with Crippen molar-refractivity contribution in [1.29, 1.82) is 0 Å². The van der Waals surface area contributed by atoms with Gasteiger partial charge in [-0.2, -0.15) is 0 Å². The minimum Gasteiger partial charge on any atom is -0.508 e. The van der Waals surface area contributed by atoms with Crippen molar-refractivity contribution in [2.45, 2.75) is 53.9 Å². The van der Waals surface area contributed by atoms with Crippen LogP contribution in [-0.2, 0) is 25.7 Å². The molecule has 6 atom stereocenters. The summed E-state index contributed by atoms with van der Waals surface area (Å²) in [6.07, 6.45) is 3.50. The SMILES string of the molecule is CN1C(=O)[C@]2(Cl)C[C@@H]3C(=CC[C@@H]4C(=O)N(C5CCN(Cc6ccccc6)CC5)C(=O)[C@@H]43)[C@H](c3cc(Br)ccc3O)[C@]2(Cl)C1=O. The molecule has 4 fully saturated rings. The molecule has 1 N–H and O–H groups in total. The van der Waals surface area contributed by atoms with Crippen LogP contribution in [0.15, 0.2) is 64.7 Å². The summed E-state index contributed by atoms with van der Waals surface area (Å²) in [7, 11) is 1.35. The Bertz CT molecular complexity index is 1610. The summed E-state index contributed by atoms with van der Waals surface area (Å²) < 4.78 is 0.643. The summed E-state index contributed by atoms with van der Waals surface area (Å²) >= 11 is 17.9. The second kappa shape index (κ2) is 10.7. The van der Waals surface area contributed by atoms with E-state index in [2.05, 4.69) is 33.0 Å². The number of carbonyl (C=O) groups excluding carboxylic acids is 4. The number of amides is 4. The first-order chi connectivity index (χ1) is 21.0. The van der Waals surface area contributed by atoms with Crippen molar-refractivity contribution < 1.29 is 24.3 Å². The number of benzene rings is 2. The molecule has 0 spiro atoms. The highest BCUT2D eigenvalue weighted by molar-refractivity contribution is 9.10. The standard InChI is InChI=1S/C33H32BrCl2N3O5/c1-37-30(43)32(35)16-24-21(27(33(32,36)31(37)44)23-15-19(34)7-10-25(23)40)8-9-22-26(24)29(42)39(28(22)41)20-11-13-38(14-12-20)17-18-5-3-2-4-6-18/h2-8,10,15,20,22,24,26-27,40H,9,11-14,16-17H2,1H3/t22-,24+,26-,27+,32+,33-/m0/s1. The van der Waals surface area contributed by atoms with E-state index in [0.29, 0.717) is 34.9 Å². The normalized spacial score (nSPS) is 34.2. The maximum absolute atomic E-state index is 14.3. The maximum atomic E-state index is 14.3. The third-order valence-corrected chi connectivity index (χ3v) is 12.4. The second-order valence-corrected chi connectivity index (χ2v) is 14.9. The lowest BCUT2D eigenvalue weighted by molar-refractivity contribution is -0.144. The largest absolute Gasteiger partial charge is 0.508 e. The van der Waals surface area contributed by atoms with E-state index in [4.69, 9.17) is 23.2 Å². The molecule has 44 heavy (non-hydrogen) atoms. The molecule has 8 nitrogen and oxygen atoms in total. The molecule has 7 rings (SSSR count). The van der Waals surface area contributed by atoms with Crippen molar-refractivity contribution in [3.63, 3.8) is 0 Å². The van der Waals surface area contributed by atoms with E-state index in [1.54, 1.807) is 12.1 Å². The number of hydrogen-bond donors (Lipinski definition) is 1. The van der Waals surface area contributed by atoms with Crippen LogP contribution in [0.3, 0.4) is 0 Å². The molecule has 3 aliphatic heterocycles. The molecule has 230 valence electrons. The molecule has 0 aromatic heterocycles. The van der Waals surface area contributed by atoms with Crippen molar-refractivity contribution in [2.24, 2.45) is 17.8 Å². The minimum absolute atomic E-state index is 0.0619. The number of rotatable bonds is 4. The molecule has 2 aromatic rings. The molecule has 5 aliphatic rings. The molecule has 4 amide bonds. The zero-order valence-electron chi connectivity index (χ0n) is 24.1. The number of nitrogens with zero attached hydrogens (tertiary/aromatic N) is 3. The molecule has 3 heterocycles. The highest BCUT2D eigenvalue weighted by Gasteiger charge is 2.76. The van der Waals surface area contributed by atoms with Crippen LogP contribution in [0.2, 0.25) is 0 Å². The Balaban J connectivity index is 1.22. The van der Waals surface area contributed by atoms with Crippen LogP contribution in [0.1, 0.15) is 42.7 Å². The van der Waals surface area contributed by atoms with Crippen LogP contribution in [-0.4, -0.2) is 79.4 Å². The van der Waals surface area contributed by atoms with Crippen LogP contribution >= 0.6 is 39.1 Å². The first-order valence-electron chi connectivity index (χ1n) is 15.0. The van der Waals surface area contributed by atoms with E-state index in [9.17, 15) is 24.3 Å². The number of carbonyl (C=O) groups is 4.